The molecule has 0 fully saturated rings. The maximum Gasteiger partial charge on any atom is 0.328 e. The predicted molar refractivity (Wildman–Crippen MR) is 49.7 cm³/mol. The SMILES string of the molecule is COc1ncc(/C=C/C(=O)O)c(N)n1. The van der Waals surface area contributed by atoms with Crippen molar-refractivity contribution in [1.29, 1.82) is 0 Å². The first-order chi connectivity index (χ1) is 6.63. The molecule has 1 aromatic rings. The second-order valence-electron chi connectivity index (χ2n) is 2.37. The molecule has 0 aliphatic rings. The summed E-state index contributed by atoms with van der Waals surface area (Å²) < 4.78 is 4.73. The van der Waals surface area contributed by atoms with Crippen molar-refractivity contribution in [3.63, 3.8) is 0 Å². The maximum absolute atomic E-state index is 10.2. The van der Waals surface area contributed by atoms with Crippen LogP contribution >= 0.6 is 0 Å². The van der Waals surface area contributed by atoms with Crippen LogP contribution in [0, 0.1) is 0 Å². The summed E-state index contributed by atoms with van der Waals surface area (Å²) >= 11 is 0. The molecule has 0 aromatic carbocycles. The maximum atomic E-state index is 10.2. The second kappa shape index (κ2) is 4.22. The van der Waals surface area contributed by atoms with Crippen molar-refractivity contribution in [2.45, 2.75) is 0 Å². The lowest BCUT2D eigenvalue weighted by Gasteiger charge is -2.00. The first kappa shape index (κ1) is 9.97. The molecule has 0 saturated heterocycles. The molecular weight excluding hydrogens is 186 g/mol. The number of hydrogen-bond acceptors (Lipinski definition) is 5. The van der Waals surface area contributed by atoms with Crippen LogP contribution in [0.3, 0.4) is 0 Å². The van der Waals surface area contributed by atoms with Crippen LogP contribution in [0.4, 0.5) is 5.82 Å². The number of carboxylic acid groups (broad SMARTS) is 1. The minimum Gasteiger partial charge on any atom is -0.478 e. The van der Waals surface area contributed by atoms with Gasteiger partial charge in [0.15, 0.2) is 0 Å². The van der Waals surface area contributed by atoms with Crippen LogP contribution in [0.25, 0.3) is 6.08 Å². The highest BCUT2D eigenvalue weighted by Gasteiger charge is 2.01. The molecule has 6 nitrogen and oxygen atoms in total. The van der Waals surface area contributed by atoms with Gasteiger partial charge in [0, 0.05) is 17.8 Å². The van der Waals surface area contributed by atoms with Gasteiger partial charge in [-0.25, -0.2) is 9.78 Å². The van der Waals surface area contributed by atoms with Crippen molar-refractivity contribution in [2.75, 3.05) is 12.8 Å². The van der Waals surface area contributed by atoms with Crippen molar-refractivity contribution >= 4 is 17.9 Å². The van der Waals surface area contributed by atoms with E-state index >= 15 is 0 Å². The molecule has 1 heterocycles. The molecular formula is C8H9N3O3. The molecule has 0 bridgehead atoms. The highest BCUT2D eigenvalue weighted by molar-refractivity contribution is 5.86. The van der Waals surface area contributed by atoms with E-state index in [4.69, 9.17) is 15.6 Å². The number of hydrogen-bond donors (Lipinski definition) is 2. The largest absolute Gasteiger partial charge is 0.478 e. The Morgan fingerprint density at radius 3 is 2.93 bits per heavy atom. The van der Waals surface area contributed by atoms with Crippen LogP contribution in [0.2, 0.25) is 0 Å². The van der Waals surface area contributed by atoms with Crippen LogP contribution < -0.4 is 10.5 Å². The molecule has 3 N–H and O–H groups in total. The van der Waals surface area contributed by atoms with E-state index < -0.39 is 5.97 Å². The van der Waals surface area contributed by atoms with E-state index in [0.717, 1.165) is 6.08 Å². The van der Waals surface area contributed by atoms with Crippen LogP contribution in [0.15, 0.2) is 12.3 Å². The smallest absolute Gasteiger partial charge is 0.328 e. The van der Waals surface area contributed by atoms with Gasteiger partial charge in [-0.05, 0) is 6.08 Å². The number of nitrogens with zero attached hydrogens (tertiary/aromatic N) is 2. The Morgan fingerprint density at radius 2 is 2.43 bits per heavy atom. The van der Waals surface area contributed by atoms with E-state index in [2.05, 4.69) is 9.97 Å². The normalized spacial score (nSPS) is 10.4. The zero-order valence-electron chi connectivity index (χ0n) is 7.47. The summed E-state index contributed by atoms with van der Waals surface area (Å²) in [4.78, 5) is 17.8. The van der Waals surface area contributed by atoms with Crippen molar-refractivity contribution in [1.82, 2.24) is 9.97 Å². The molecule has 0 atom stereocenters. The Kier molecular flexibility index (Phi) is 3.01. The van der Waals surface area contributed by atoms with E-state index in [1.807, 2.05) is 0 Å². The number of carbonyl (C=O) groups is 1. The molecule has 0 radical (unpaired) electrons. The summed E-state index contributed by atoms with van der Waals surface area (Å²) in [7, 11) is 1.42. The summed E-state index contributed by atoms with van der Waals surface area (Å²) in [6.45, 7) is 0. The first-order valence-corrected chi connectivity index (χ1v) is 3.71. The lowest BCUT2D eigenvalue weighted by molar-refractivity contribution is -0.131. The molecule has 6 heteroatoms. The van der Waals surface area contributed by atoms with E-state index in [1.165, 1.54) is 19.4 Å². The Morgan fingerprint density at radius 1 is 1.71 bits per heavy atom. The van der Waals surface area contributed by atoms with Crippen LogP contribution in [-0.4, -0.2) is 28.2 Å². The highest BCUT2D eigenvalue weighted by atomic mass is 16.5. The molecule has 0 aliphatic heterocycles. The Hall–Kier alpha value is -2.11. The van der Waals surface area contributed by atoms with Crippen LogP contribution in [0.5, 0.6) is 6.01 Å². The minimum atomic E-state index is -1.06. The lowest BCUT2D eigenvalue weighted by Crippen LogP contribution is -1.99. The van der Waals surface area contributed by atoms with Crippen molar-refractivity contribution < 1.29 is 14.6 Å². The van der Waals surface area contributed by atoms with Gasteiger partial charge < -0.3 is 15.6 Å². The molecule has 14 heavy (non-hydrogen) atoms. The Labute approximate surface area is 80.1 Å². The minimum absolute atomic E-state index is 0.148. The number of aromatic nitrogens is 2. The van der Waals surface area contributed by atoms with Gasteiger partial charge in [0.2, 0.25) is 0 Å². The van der Waals surface area contributed by atoms with Gasteiger partial charge in [-0.15, -0.1) is 0 Å². The number of aliphatic carboxylic acids is 1. The van der Waals surface area contributed by atoms with Crippen molar-refractivity contribution in [3.8, 4) is 6.01 Å². The topological polar surface area (TPSA) is 98.3 Å². The van der Waals surface area contributed by atoms with Gasteiger partial charge in [0.1, 0.15) is 5.82 Å². The van der Waals surface area contributed by atoms with Crippen LogP contribution in [-0.2, 0) is 4.79 Å². The second-order valence-corrected chi connectivity index (χ2v) is 2.37. The van der Waals surface area contributed by atoms with Gasteiger partial charge in [-0.1, -0.05) is 0 Å². The van der Waals surface area contributed by atoms with E-state index in [9.17, 15) is 4.79 Å². The van der Waals surface area contributed by atoms with E-state index in [-0.39, 0.29) is 11.8 Å². The zero-order valence-corrected chi connectivity index (χ0v) is 7.47. The quantitative estimate of drug-likeness (QED) is 0.667. The molecule has 0 unspecified atom stereocenters. The molecule has 1 rings (SSSR count). The summed E-state index contributed by atoms with van der Waals surface area (Å²) in [5, 5.41) is 8.37. The standard InChI is InChI=1S/C8H9N3O3/c1-14-8-10-4-5(7(9)11-8)2-3-6(12)13/h2-4H,1H3,(H,12,13)(H2,9,10,11)/b3-2+. The Bertz CT molecular complexity index is 376. The molecule has 0 aliphatic carbocycles. The van der Waals surface area contributed by atoms with E-state index in [0.29, 0.717) is 5.56 Å². The third-order valence-electron chi connectivity index (χ3n) is 1.41. The fraction of sp³-hybridized carbons (Fsp3) is 0.125. The molecule has 0 spiro atoms. The third-order valence-corrected chi connectivity index (χ3v) is 1.41. The molecule has 0 saturated carbocycles. The molecule has 0 amide bonds. The highest BCUT2D eigenvalue weighted by Crippen LogP contribution is 2.12. The van der Waals surface area contributed by atoms with Crippen LogP contribution in [0.1, 0.15) is 5.56 Å². The average Bonchev–Trinajstić information content (AvgIpc) is 2.15. The van der Waals surface area contributed by atoms with Gasteiger partial charge in [-0.2, -0.15) is 4.98 Å². The number of ether oxygens (including phenoxy) is 1. The third kappa shape index (κ3) is 2.44. The number of anilines is 1. The Balaban J connectivity index is 2.94. The van der Waals surface area contributed by atoms with Gasteiger partial charge in [0.05, 0.1) is 7.11 Å². The summed E-state index contributed by atoms with van der Waals surface area (Å²) in [5.41, 5.74) is 5.95. The first-order valence-electron chi connectivity index (χ1n) is 3.71. The van der Waals surface area contributed by atoms with Crippen molar-refractivity contribution in [2.24, 2.45) is 0 Å². The monoisotopic (exact) mass is 195 g/mol. The predicted octanol–water partition coefficient (Wildman–Crippen LogP) is 0.165. The number of nitrogens with two attached hydrogens (primary N) is 1. The number of carboxylic acids is 1. The number of nitrogen functional groups attached to an aromatic ring is 1. The van der Waals surface area contributed by atoms with E-state index in [1.54, 1.807) is 0 Å². The van der Waals surface area contributed by atoms with Crippen molar-refractivity contribution in [3.05, 3.63) is 17.8 Å². The summed E-state index contributed by atoms with van der Waals surface area (Å²) in [6.07, 6.45) is 3.67. The molecule has 74 valence electrons. The van der Waals surface area contributed by atoms with Gasteiger partial charge in [0.25, 0.3) is 0 Å². The number of rotatable bonds is 3. The summed E-state index contributed by atoms with van der Waals surface area (Å²) in [5.74, 6) is -0.880. The zero-order chi connectivity index (χ0) is 10.6. The number of methoxy groups -OCH3 is 1. The summed E-state index contributed by atoms with van der Waals surface area (Å²) in [6, 6.07) is 0.148. The fourth-order valence-corrected chi connectivity index (χ4v) is 0.775. The molecule has 1 aromatic heterocycles. The van der Waals surface area contributed by atoms with Gasteiger partial charge >= 0.3 is 12.0 Å². The fourth-order valence-electron chi connectivity index (χ4n) is 0.775. The average molecular weight is 195 g/mol. The lowest BCUT2D eigenvalue weighted by atomic mass is 10.3. The van der Waals surface area contributed by atoms with Gasteiger partial charge in [-0.3, -0.25) is 0 Å².